The third-order valence-corrected chi connectivity index (χ3v) is 4.82. The average molecular weight is 444 g/mol. The Kier molecular flexibility index (Phi) is 7.97. The number of pyridine rings is 1. The Balaban J connectivity index is 1.47. The van der Waals surface area contributed by atoms with Crippen LogP contribution in [0.15, 0.2) is 66.9 Å². The molecular formula is C25H25N5O3. The second-order valence-electron chi connectivity index (χ2n) is 7.42. The Morgan fingerprint density at radius 3 is 2.64 bits per heavy atom. The number of carbonyl (C=O) groups excluding carboxylic acids is 2. The van der Waals surface area contributed by atoms with Crippen molar-refractivity contribution in [3.63, 3.8) is 0 Å². The zero-order valence-electron chi connectivity index (χ0n) is 18.5. The summed E-state index contributed by atoms with van der Waals surface area (Å²) in [5, 5.41) is 14.7. The monoisotopic (exact) mass is 443 g/mol. The van der Waals surface area contributed by atoms with Crippen LogP contribution in [0.5, 0.6) is 11.6 Å². The maximum absolute atomic E-state index is 12.3. The van der Waals surface area contributed by atoms with Crippen LogP contribution in [0, 0.1) is 18.3 Å². The van der Waals surface area contributed by atoms with E-state index in [2.05, 4.69) is 15.6 Å². The summed E-state index contributed by atoms with van der Waals surface area (Å²) in [6.45, 7) is 2.55. The first kappa shape index (κ1) is 23.3. The largest absolute Gasteiger partial charge is 0.438 e. The molecule has 8 heteroatoms. The molecule has 0 fully saturated rings. The fourth-order valence-corrected chi connectivity index (χ4v) is 3.07. The molecule has 3 rings (SSSR count). The summed E-state index contributed by atoms with van der Waals surface area (Å²) in [5.41, 5.74) is 2.80. The SMILES string of the molecule is Cc1cc(Oc2ncccc2C#N)ccc1NC(=O)CCNC(=O)N(C)Cc1ccccc1. The molecule has 0 spiro atoms. The maximum Gasteiger partial charge on any atom is 0.317 e. The van der Waals surface area contributed by atoms with E-state index in [0.717, 1.165) is 11.1 Å². The minimum absolute atomic E-state index is 0.141. The number of nitriles is 1. The summed E-state index contributed by atoms with van der Waals surface area (Å²) >= 11 is 0. The van der Waals surface area contributed by atoms with Crippen LogP contribution in [-0.2, 0) is 11.3 Å². The molecule has 0 saturated carbocycles. The van der Waals surface area contributed by atoms with Crippen LogP contribution in [0.1, 0.15) is 23.1 Å². The number of nitrogens with zero attached hydrogens (tertiary/aromatic N) is 3. The fraction of sp³-hybridized carbons (Fsp3) is 0.200. The topological polar surface area (TPSA) is 107 Å². The fourth-order valence-electron chi connectivity index (χ4n) is 3.07. The molecule has 0 atom stereocenters. The molecule has 0 aliphatic heterocycles. The van der Waals surface area contributed by atoms with Crippen LogP contribution >= 0.6 is 0 Å². The third-order valence-electron chi connectivity index (χ3n) is 4.82. The van der Waals surface area contributed by atoms with E-state index in [4.69, 9.17) is 10.00 Å². The van der Waals surface area contributed by atoms with Gasteiger partial charge in [-0.3, -0.25) is 4.79 Å². The Bertz CT molecular complexity index is 1160. The van der Waals surface area contributed by atoms with E-state index in [1.165, 1.54) is 0 Å². The van der Waals surface area contributed by atoms with E-state index >= 15 is 0 Å². The van der Waals surface area contributed by atoms with Gasteiger partial charge in [-0.2, -0.15) is 5.26 Å². The highest BCUT2D eigenvalue weighted by molar-refractivity contribution is 5.92. The molecule has 3 amide bonds. The average Bonchev–Trinajstić information content (AvgIpc) is 2.81. The first-order valence-corrected chi connectivity index (χ1v) is 10.4. The highest BCUT2D eigenvalue weighted by Gasteiger charge is 2.11. The first-order chi connectivity index (χ1) is 16.0. The van der Waals surface area contributed by atoms with E-state index < -0.39 is 0 Å². The molecular weight excluding hydrogens is 418 g/mol. The number of hydrogen-bond acceptors (Lipinski definition) is 5. The summed E-state index contributed by atoms with van der Waals surface area (Å²) in [7, 11) is 1.71. The van der Waals surface area contributed by atoms with Crippen LogP contribution in [0.25, 0.3) is 0 Å². The number of aromatic nitrogens is 1. The molecule has 2 aromatic carbocycles. The second-order valence-corrected chi connectivity index (χ2v) is 7.42. The van der Waals surface area contributed by atoms with E-state index in [1.54, 1.807) is 48.5 Å². The van der Waals surface area contributed by atoms with Gasteiger partial charge in [0, 0.05) is 38.4 Å². The molecule has 1 aromatic heterocycles. The normalized spacial score (nSPS) is 10.1. The maximum atomic E-state index is 12.3. The number of amides is 3. The third kappa shape index (κ3) is 6.80. The molecule has 0 aliphatic carbocycles. The number of urea groups is 1. The minimum atomic E-state index is -0.240. The van der Waals surface area contributed by atoms with Gasteiger partial charge in [0.2, 0.25) is 11.8 Å². The Morgan fingerprint density at radius 2 is 1.91 bits per heavy atom. The Morgan fingerprint density at radius 1 is 1.12 bits per heavy atom. The van der Waals surface area contributed by atoms with Gasteiger partial charge in [0.15, 0.2) is 0 Å². The number of nitrogens with one attached hydrogen (secondary N) is 2. The van der Waals surface area contributed by atoms with E-state index in [-0.39, 0.29) is 30.8 Å². The smallest absolute Gasteiger partial charge is 0.317 e. The highest BCUT2D eigenvalue weighted by Crippen LogP contribution is 2.26. The first-order valence-electron chi connectivity index (χ1n) is 10.4. The molecule has 33 heavy (non-hydrogen) atoms. The molecule has 0 unspecified atom stereocenters. The van der Waals surface area contributed by atoms with Crippen molar-refractivity contribution in [2.45, 2.75) is 19.9 Å². The molecule has 0 radical (unpaired) electrons. The zero-order chi connectivity index (χ0) is 23.6. The lowest BCUT2D eigenvalue weighted by molar-refractivity contribution is -0.116. The number of hydrogen-bond donors (Lipinski definition) is 2. The number of benzene rings is 2. The number of aryl methyl sites for hydroxylation is 1. The van der Waals surface area contributed by atoms with E-state index in [9.17, 15) is 9.59 Å². The summed E-state index contributed by atoms with van der Waals surface area (Å²) in [6, 6.07) is 19.9. The quantitative estimate of drug-likeness (QED) is 0.542. The van der Waals surface area contributed by atoms with E-state index in [0.29, 0.717) is 23.5 Å². The van der Waals surface area contributed by atoms with Crippen LogP contribution in [-0.4, -0.2) is 35.4 Å². The van der Waals surface area contributed by atoms with Crippen molar-refractivity contribution in [2.75, 3.05) is 18.9 Å². The van der Waals surface area contributed by atoms with Crippen LogP contribution in [0.4, 0.5) is 10.5 Å². The highest BCUT2D eigenvalue weighted by atomic mass is 16.5. The molecule has 3 aromatic rings. The van der Waals surface area contributed by atoms with Gasteiger partial charge in [0.05, 0.1) is 0 Å². The van der Waals surface area contributed by atoms with Crippen molar-refractivity contribution in [1.82, 2.24) is 15.2 Å². The van der Waals surface area contributed by atoms with Crippen molar-refractivity contribution in [3.05, 3.63) is 83.6 Å². The molecule has 0 aliphatic rings. The van der Waals surface area contributed by atoms with Gasteiger partial charge in [-0.05, 0) is 48.4 Å². The van der Waals surface area contributed by atoms with Crippen molar-refractivity contribution >= 4 is 17.6 Å². The number of anilines is 1. The van der Waals surface area contributed by atoms with Gasteiger partial charge in [0.1, 0.15) is 17.4 Å². The lowest BCUT2D eigenvalue weighted by atomic mass is 10.2. The lowest BCUT2D eigenvalue weighted by Gasteiger charge is -2.18. The Hall–Kier alpha value is -4.38. The molecule has 1 heterocycles. The van der Waals surface area contributed by atoms with Crippen LogP contribution < -0.4 is 15.4 Å². The van der Waals surface area contributed by atoms with Crippen molar-refractivity contribution < 1.29 is 14.3 Å². The van der Waals surface area contributed by atoms with Gasteiger partial charge in [-0.15, -0.1) is 0 Å². The minimum Gasteiger partial charge on any atom is -0.438 e. The van der Waals surface area contributed by atoms with Crippen LogP contribution in [0.2, 0.25) is 0 Å². The van der Waals surface area contributed by atoms with Gasteiger partial charge in [-0.1, -0.05) is 30.3 Å². The molecule has 2 N–H and O–H groups in total. The van der Waals surface area contributed by atoms with E-state index in [1.807, 2.05) is 43.3 Å². The molecule has 168 valence electrons. The standard InChI is InChI=1S/C25H25N5O3/c1-18-15-21(33-24-20(16-26)9-6-13-27-24)10-11-22(18)29-23(31)12-14-28-25(32)30(2)17-19-7-4-3-5-8-19/h3-11,13,15H,12,14,17H2,1-2H3,(H,28,32)(H,29,31). The number of ether oxygens (including phenoxy) is 1. The van der Waals surface area contributed by atoms with Gasteiger partial charge >= 0.3 is 6.03 Å². The van der Waals surface area contributed by atoms with Gasteiger partial charge in [-0.25, -0.2) is 9.78 Å². The predicted octanol–water partition coefficient (Wildman–Crippen LogP) is 4.22. The van der Waals surface area contributed by atoms with Crippen molar-refractivity contribution in [2.24, 2.45) is 0 Å². The van der Waals surface area contributed by atoms with Gasteiger partial charge < -0.3 is 20.3 Å². The summed E-state index contributed by atoms with van der Waals surface area (Å²) in [5.74, 6) is 0.521. The summed E-state index contributed by atoms with van der Waals surface area (Å²) in [4.78, 5) is 30.2. The van der Waals surface area contributed by atoms with Crippen molar-refractivity contribution in [3.8, 4) is 17.7 Å². The van der Waals surface area contributed by atoms with Crippen molar-refractivity contribution in [1.29, 1.82) is 5.26 Å². The molecule has 0 bridgehead atoms. The molecule has 8 nitrogen and oxygen atoms in total. The second kappa shape index (κ2) is 11.3. The Labute approximate surface area is 192 Å². The summed E-state index contributed by atoms with van der Waals surface area (Å²) in [6.07, 6.45) is 1.69. The number of carbonyl (C=O) groups is 2. The summed E-state index contributed by atoms with van der Waals surface area (Å²) < 4.78 is 5.70. The molecule has 0 saturated heterocycles. The van der Waals surface area contributed by atoms with Crippen LogP contribution in [0.3, 0.4) is 0 Å². The number of rotatable bonds is 8. The van der Waals surface area contributed by atoms with Gasteiger partial charge in [0.25, 0.3) is 0 Å². The lowest BCUT2D eigenvalue weighted by Crippen LogP contribution is -2.38. The predicted molar refractivity (Wildman–Crippen MR) is 125 cm³/mol. The zero-order valence-corrected chi connectivity index (χ0v) is 18.5.